The van der Waals surface area contributed by atoms with Crippen LogP contribution in [0.2, 0.25) is 0 Å². The summed E-state index contributed by atoms with van der Waals surface area (Å²) in [6.45, 7) is 13.5. The first-order valence-corrected chi connectivity index (χ1v) is 20.7. The van der Waals surface area contributed by atoms with E-state index in [1.54, 1.807) is 58.9 Å². The minimum absolute atomic E-state index is 0.00434. The van der Waals surface area contributed by atoms with E-state index in [9.17, 15) is 34.5 Å². The Bertz CT molecular complexity index is 2020. The van der Waals surface area contributed by atoms with Gasteiger partial charge in [0.25, 0.3) is 11.7 Å². The molecule has 0 unspecified atom stereocenters. The minimum Gasteiger partial charge on any atom is -0.507 e. The minimum atomic E-state index is -1.97. The Morgan fingerprint density at radius 2 is 1.67 bits per heavy atom. The molecule has 10 atom stereocenters. The number of nitrogens with zero attached hydrogens (tertiary/aromatic N) is 2. The molecule has 1 aromatic rings. The van der Waals surface area contributed by atoms with Crippen molar-refractivity contribution in [3.8, 4) is 11.5 Å². The van der Waals surface area contributed by atoms with Crippen molar-refractivity contribution in [1.29, 1.82) is 0 Å². The van der Waals surface area contributed by atoms with Gasteiger partial charge in [-0.2, -0.15) is 0 Å². The van der Waals surface area contributed by atoms with Crippen molar-refractivity contribution < 1.29 is 53.4 Å². The van der Waals surface area contributed by atoms with Gasteiger partial charge >= 0.3 is 11.8 Å². The van der Waals surface area contributed by atoms with E-state index in [2.05, 4.69) is 15.5 Å². The third kappa shape index (κ3) is 9.09. The lowest BCUT2D eigenvalue weighted by Gasteiger charge is -2.38. The van der Waals surface area contributed by atoms with Crippen LogP contribution in [0.3, 0.4) is 0 Å². The van der Waals surface area contributed by atoms with Crippen molar-refractivity contribution in [1.82, 2.24) is 15.5 Å². The van der Waals surface area contributed by atoms with Gasteiger partial charge < -0.3 is 49.8 Å². The molecule has 5 bridgehead atoms. The highest BCUT2D eigenvalue weighted by Crippen LogP contribution is 2.49. The van der Waals surface area contributed by atoms with E-state index in [-0.39, 0.29) is 56.7 Å². The number of methoxy groups -OCH3 is 1. The zero-order chi connectivity index (χ0) is 44.4. The third-order valence-corrected chi connectivity index (χ3v) is 12.5. The first-order chi connectivity index (χ1) is 28.2. The maximum Gasteiger partial charge on any atom is 0.312 e. The average Bonchev–Trinajstić information content (AvgIpc) is 3.47. The number of aliphatic imine (C=N–C) groups is 1. The summed E-state index contributed by atoms with van der Waals surface area (Å²) >= 11 is 0. The van der Waals surface area contributed by atoms with Gasteiger partial charge in [0.1, 0.15) is 23.3 Å². The van der Waals surface area contributed by atoms with E-state index in [1.165, 1.54) is 34.1 Å². The number of rotatable bonds is 3. The lowest BCUT2D eigenvalue weighted by molar-refractivity contribution is -0.160. The van der Waals surface area contributed by atoms with Gasteiger partial charge in [0.15, 0.2) is 0 Å². The second-order valence-corrected chi connectivity index (χ2v) is 16.9. The fraction of sp³-hybridized carbons (Fsp3) is 0.578. The number of benzene rings is 1. The summed E-state index contributed by atoms with van der Waals surface area (Å²) in [6.07, 6.45) is 6.11. The third-order valence-electron chi connectivity index (χ3n) is 12.5. The zero-order valence-corrected chi connectivity index (χ0v) is 36.6. The van der Waals surface area contributed by atoms with E-state index < -0.39 is 83.1 Å². The van der Waals surface area contributed by atoms with Crippen LogP contribution in [0.15, 0.2) is 52.5 Å². The van der Waals surface area contributed by atoms with E-state index in [1.807, 2.05) is 14.1 Å². The summed E-state index contributed by atoms with van der Waals surface area (Å²) in [4.78, 5) is 62.7. The Labute approximate surface area is 352 Å². The summed E-state index contributed by atoms with van der Waals surface area (Å²) in [5.74, 6) is -7.30. The molecule has 15 nitrogen and oxygen atoms in total. The molecular weight excluding hydrogens is 773 g/mol. The summed E-state index contributed by atoms with van der Waals surface area (Å²) in [6, 6.07) is 0.203. The lowest BCUT2D eigenvalue weighted by Crippen LogP contribution is -2.46. The molecule has 0 fully saturated rings. The highest BCUT2D eigenvalue weighted by Gasteiger charge is 2.52. The summed E-state index contributed by atoms with van der Waals surface area (Å²) in [5, 5.41) is 40.9. The number of hydrogen-bond donors (Lipinski definition) is 5. The van der Waals surface area contributed by atoms with Crippen LogP contribution in [0.1, 0.15) is 99.6 Å². The van der Waals surface area contributed by atoms with Crippen molar-refractivity contribution in [2.75, 3.05) is 34.3 Å². The number of fused-ring (bicyclic) bond motifs is 3. The number of ether oxygens (including phenoxy) is 4. The Kier molecular flexibility index (Phi) is 14.5. The van der Waals surface area contributed by atoms with Gasteiger partial charge in [-0.25, -0.2) is 0 Å². The monoisotopic (exact) mass is 834 g/mol. The number of phenols is 1. The summed E-state index contributed by atoms with van der Waals surface area (Å²) in [7, 11) is 5.47. The van der Waals surface area contributed by atoms with Gasteiger partial charge in [-0.15, -0.1) is 0 Å². The molecule has 1 aromatic carbocycles. The largest absolute Gasteiger partial charge is 0.507 e. The molecule has 328 valence electrons. The number of hydrogen-bond acceptors (Lipinski definition) is 14. The van der Waals surface area contributed by atoms with Crippen molar-refractivity contribution in [2.24, 2.45) is 28.7 Å². The topological polar surface area (TPSA) is 206 Å². The van der Waals surface area contributed by atoms with Crippen LogP contribution in [0.5, 0.6) is 11.5 Å². The van der Waals surface area contributed by atoms with E-state index in [4.69, 9.17) is 23.9 Å². The molecule has 0 radical (unpaired) electrons. The number of carbonyl (C=O) groups excluding carboxylic acids is 4. The van der Waals surface area contributed by atoms with Crippen molar-refractivity contribution in [2.45, 2.75) is 111 Å². The summed E-state index contributed by atoms with van der Waals surface area (Å²) < 4.78 is 23.9. The predicted molar refractivity (Wildman–Crippen MR) is 225 cm³/mol. The Morgan fingerprint density at radius 1 is 0.967 bits per heavy atom. The molecule has 0 saturated heterocycles. The quantitative estimate of drug-likeness (QED) is 0.270. The number of amides is 1. The standard InChI is InChI=1S/C45H62N4O11/c1-22-14-12-15-23(2)44(56)48-36-35-34(47-20-17-29(49(9)10)16-13-19-46-35)31-32(40(36)54)39(53)27(6)42-33(31)43(55)45(8,60-42)58-21-18-30(57-11)24(3)41(59-28(7)50)26(5)38(52)25(4)37(22)51/h12,14-15,18,21-22,24-26,29-30,37-38,41,46,51-53H,13,16-17,19-20H2,1-11H3,(H,48,56)/b14-12+,21-18+,23-15-,47-34-/t22-,24+,25+,26+,29+,30-,37-,38+,41+,45-/m0/s1. The number of ketones is 2. The van der Waals surface area contributed by atoms with Gasteiger partial charge in [0.2, 0.25) is 5.78 Å². The highest BCUT2D eigenvalue weighted by atomic mass is 16.7. The molecule has 15 heteroatoms. The van der Waals surface area contributed by atoms with Crippen LogP contribution in [0.25, 0.3) is 0 Å². The highest BCUT2D eigenvalue weighted by molar-refractivity contribution is 6.34. The average molecular weight is 835 g/mol. The number of aliphatic hydroxyl groups is 2. The fourth-order valence-corrected chi connectivity index (χ4v) is 8.57. The number of aliphatic hydroxyl groups excluding tert-OH is 2. The van der Waals surface area contributed by atoms with Gasteiger partial charge in [0, 0.05) is 80.5 Å². The molecular formula is C45H62N4O11. The molecule has 60 heavy (non-hydrogen) atoms. The van der Waals surface area contributed by atoms with Crippen LogP contribution in [0.4, 0.5) is 0 Å². The number of allylic oxidation sites excluding steroid dienone is 4. The first kappa shape index (κ1) is 46.2. The van der Waals surface area contributed by atoms with Crippen LogP contribution in [0, 0.1) is 30.6 Å². The maximum atomic E-state index is 14.7. The second-order valence-electron chi connectivity index (χ2n) is 16.9. The number of phenolic OH excluding ortho intramolecular Hbond substituents is 1. The molecule has 1 amide bonds. The Balaban J connectivity index is 1.71. The number of nitrogens with one attached hydrogen (secondary N) is 2. The molecule has 5 N–H and O–H groups in total. The predicted octanol–water partition coefficient (Wildman–Crippen LogP) is 4.27. The number of Topliss-reactive ketones (excluding diaryl/α,β-unsaturated/α-hetero) is 2. The van der Waals surface area contributed by atoms with Crippen LogP contribution >= 0.6 is 0 Å². The van der Waals surface area contributed by atoms with Crippen LogP contribution in [-0.4, -0.2) is 120 Å². The van der Waals surface area contributed by atoms with E-state index in [0.29, 0.717) is 19.5 Å². The number of esters is 1. The van der Waals surface area contributed by atoms with Crippen LogP contribution < -0.4 is 15.4 Å². The molecule has 1 aliphatic carbocycles. The zero-order valence-electron chi connectivity index (χ0n) is 36.6. The molecule has 4 aliphatic rings. The van der Waals surface area contributed by atoms with Crippen molar-refractivity contribution in [3.63, 3.8) is 0 Å². The van der Waals surface area contributed by atoms with Gasteiger partial charge in [-0.3, -0.25) is 24.2 Å². The maximum absolute atomic E-state index is 14.7. The first-order valence-electron chi connectivity index (χ1n) is 20.7. The van der Waals surface area contributed by atoms with Gasteiger partial charge in [0.05, 0.1) is 47.1 Å². The van der Waals surface area contributed by atoms with Gasteiger partial charge in [-0.1, -0.05) is 45.9 Å². The number of carbonyl (C=O) groups is 4. The smallest absolute Gasteiger partial charge is 0.312 e. The second kappa shape index (κ2) is 18.8. The number of aromatic hydroxyl groups is 1. The normalized spacial score (nSPS) is 34.8. The molecule has 0 aromatic heterocycles. The molecule has 0 spiro atoms. The molecule has 3 heterocycles. The molecule has 3 aliphatic heterocycles. The summed E-state index contributed by atoms with van der Waals surface area (Å²) in [5.41, 5.74) is 0.541. The van der Waals surface area contributed by atoms with Crippen molar-refractivity contribution in [3.05, 3.63) is 69.8 Å². The molecule has 0 saturated carbocycles. The van der Waals surface area contributed by atoms with E-state index >= 15 is 0 Å². The fourth-order valence-electron chi connectivity index (χ4n) is 8.57. The molecule has 5 rings (SSSR count). The van der Waals surface area contributed by atoms with Gasteiger partial charge in [-0.05, 0) is 53.3 Å². The SMILES string of the molecule is CO[C@H]1/C=C/O[C@@]2(C)Oc3c(C)c(O)c4c(c3C2=O)/C2=N/CC[C@H](N(C)C)CCCNC2=C(NC(=O)/C(C)=C\C=C\[C@H](C)[C@H](O)[C@@H](C)[C@@H](O)[C@@H](C)[C@H](OC(C)=O)[C@@H]1C)C4=O. The van der Waals surface area contributed by atoms with Crippen LogP contribution in [-0.2, 0) is 23.8 Å². The Hall–Kier alpha value is -4.83. The van der Waals surface area contributed by atoms with Crippen molar-refractivity contribution >= 4 is 29.2 Å². The Morgan fingerprint density at radius 3 is 2.32 bits per heavy atom. The van der Waals surface area contributed by atoms with E-state index in [0.717, 1.165) is 12.8 Å². The lowest BCUT2D eigenvalue weighted by atomic mass is 9.78.